The standard InChI is InChI=1S/C63H106O5/c1-4-7-10-13-16-19-22-25-27-29-31-33-35-37-40-43-46-49-52-55-58-66-59-61(68-63(65)57-54-51-48-45-42-38-24-21-18-15-12-9-6-3)60-67-62(64)56-53-50-47-44-41-39-36-34-32-30-28-26-23-20-17-14-11-8-5-2/h7,10,16-17,19-21,24-28,31-34,37,40,61H,4-6,8-9,11-15,18,22-23,29-30,35-36,38-39,41-60H2,1-3H3/b10-7-,19-16-,20-17-,24-21-,27-25-,28-26-,33-31-,34-32-,40-37-. The van der Waals surface area contributed by atoms with Gasteiger partial charge in [-0.3, -0.25) is 9.59 Å². The second kappa shape index (κ2) is 57.9. The molecule has 0 aliphatic carbocycles. The monoisotopic (exact) mass is 943 g/mol. The van der Waals surface area contributed by atoms with Crippen LogP contribution < -0.4 is 0 Å². The Hall–Kier alpha value is -3.44. The van der Waals surface area contributed by atoms with E-state index in [2.05, 4.69) is 130 Å². The summed E-state index contributed by atoms with van der Waals surface area (Å²) in [6, 6.07) is 0. The van der Waals surface area contributed by atoms with Crippen molar-refractivity contribution in [3.63, 3.8) is 0 Å². The molecule has 0 saturated heterocycles. The third kappa shape index (κ3) is 55.2. The van der Waals surface area contributed by atoms with Crippen molar-refractivity contribution in [3.05, 3.63) is 109 Å². The highest BCUT2D eigenvalue weighted by Crippen LogP contribution is 2.13. The fourth-order valence-electron chi connectivity index (χ4n) is 7.54. The highest BCUT2D eigenvalue weighted by atomic mass is 16.6. The molecule has 0 radical (unpaired) electrons. The quantitative estimate of drug-likeness (QED) is 0.0345. The van der Waals surface area contributed by atoms with Gasteiger partial charge in [0.25, 0.3) is 0 Å². The van der Waals surface area contributed by atoms with Crippen LogP contribution in [0.3, 0.4) is 0 Å². The van der Waals surface area contributed by atoms with Gasteiger partial charge in [-0.05, 0) is 128 Å². The first-order chi connectivity index (χ1) is 33.6. The molecule has 0 rings (SSSR count). The summed E-state index contributed by atoms with van der Waals surface area (Å²) >= 11 is 0. The van der Waals surface area contributed by atoms with E-state index >= 15 is 0 Å². The van der Waals surface area contributed by atoms with E-state index in [1.165, 1.54) is 96.3 Å². The van der Waals surface area contributed by atoms with Crippen LogP contribution in [-0.4, -0.2) is 37.9 Å². The Morgan fingerprint density at radius 3 is 1.10 bits per heavy atom. The lowest BCUT2D eigenvalue weighted by Crippen LogP contribution is -2.30. The van der Waals surface area contributed by atoms with Crippen LogP contribution in [0.5, 0.6) is 0 Å². The molecular formula is C63H106O5. The number of unbranched alkanes of at least 4 members (excludes halogenated alkanes) is 22. The molecule has 68 heavy (non-hydrogen) atoms. The highest BCUT2D eigenvalue weighted by Gasteiger charge is 2.17. The minimum absolute atomic E-state index is 0.0590. The van der Waals surface area contributed by atoms with Crippen LogP contribution >= 0.6 is 0 Å². The Morgan fingerprint density at radius 2 is 0.662 bits per heavy atom. The second-order valence-electron chi connectivity index (χ2n) is 18.4. The van der Waals surface area contributed by atoms with E-state index in [4.69, 9.17) is 14.2 Å². The molecule has 0 aromatic heterocycles. The van der Waals surface area contributed by atoms with Crippen LogP contribution in [0, 0.1) is 0 Å². The van der Waals surface area contributed by atoms with Crippen molar-refractivity contribution in [1.82, 2.24) is 0 Å². The molecule has 0 saturated carbocycles. The molecule has 0 fully saturated rings. The minimum atomic E-state index is -0.567. The Balaban J connectivity index is 4.36. The lowest BCUT2D eigenvalue weighted by molar-refractivity contribution is -0.163. The van der Waals surface area contributed by atoms with Crippen molar-refractivity contribution in [2.75, 3.05) is 19.8 Å². The Bertz CT molecular complexity index is 1340. The molecule has 0 aromatic carbocycles. The topological polar surface area (TPSA) is 61.8 Å². The van der Waals surface area contributed by atoms with E-state index in [1.54, 1.807) is 0 Å². The van der Waals surface area contributed by atoms with Gasteiger partial charge in [0.05, 0.1) is 6.61 Å². The fraction of sp³-hybridized carbons (Fsp3) is 0.683. The number of hydrogen-bond donors (Lipinski definition) is 0. The van der Waals surface area contributed by atoms with E-state index in [0.717, 1.165) is 122 Å². The van der Waals surface area contributed by atoms with Gasteiger partial charge in [0.15, 0.2) is 6.10 Å². The van der Waals surface area contributed by atoms with Crippen molar-refractivity contribution in [2.45, 2.75) is 258 Å². The number of hydrogen-bond acceptors (Lipinski definition) is 5. The SMILES string of the molecule is CC/C=C\C/C=C\C/C=C\C/C=C\C/C=C\CCCCCCOCC(COC(=O)CCCCCCCC/C=C\C/C=C\C/C=C\CCCCC)OC(=O)CCCCCCC/C=C\CCCCCC. The summed E-state index contributed by atoms with van der Waals surface area (Å²) in [5, 5.41) is 0. The Labute approximate surface area is 421 Å². The van der Waals surface area contributed by atoms with Crippen LogP contribution in [0.2, 0.25) is 0 Å². The first-order valence-corrected chi connectivity index (χ1v) is 28.4. The number of allylic oxidation sites excluding steroid dienone is 18. The van der Waals surface area contributed by atoms with Crippen LogP contribution in [0.25, 0.3) is 0 Å². The Morgan fingerprint density at radius 1 is 0.338 bits per heavy atom. The molecule has 5 heteroatoms. The Kier molecular flexibility index (Phi) is 54.9. The van der Waals surface area contributed by atoms with Gasteiger partial charge in [0, 0.05) is 19.4 Å². The van der Waals surface area contributed by atoms with Crippen LogP contribution in [-0.2, 0) is 23.8 Å². The predicted molar refractivity (Wildman–Crippen MR) is 297 cm³/mol. The van der Waals surface area contributed by atoms with Gasteiger partial charge in [-0.15, -0.1) is 0 Å². The summed E-state index contributed by atoms with van der Waals surface area (Å²) in [5.41, 5.74) is 0. The molecule has 0 heterocycles. The van der Waals surface area contributed by atoms with Gasteiger partial charge in [-0.1, -0.05) is 220 Å². The van der Waals surface area contributed by atoms with E-state index < -0.39 is 6.10 Å². The maximum Gasteiger partial charge on any atom is 0.306 e. The zero-order valence-corrected chi connectivity index (χ0v) is 44.6. The average Bonchev–Trinajstić information content (AvgIpc) is 3.34. The fourth-order valence-corrected chi connectivity index (χ4v) is 7.54. The van der Waals surface area contributed by atoms with Crippen LogP contribution in [0.4, 0.5) is 0 Å². The zero-order chi connectivity index (χ0) is 49.2. The van der Waals surface area contributed by atoms with Crippen molar-refractivity contribution in [1.29, 1.82) is 0 Å². The summed E-state index contributed by atoms with van der Waals surface area (Å²) in [4.78, 5) is 25.5. The van der Waals surface area contributed by atoms with Crippen LogP contribution in [0.1, 0.15) is 252 Å². The number of rotatable bonds is 51. The van der Waals surface area contributed by atoms with Gasteiger partial charge in [-0.25, -0.2) is 0 Å². The largest absolute Gasteiger partial charge is 0.462 e. The molecule has 0 amide bonds. The molecule has 0 aromatic rings. The molecule has 5 nitrogen and oxygen atoms in total. The van der Waals surface area contributed by atoms with E-state index in [1.807, 2.05) is 0 Å². The van der Waals surface area contributed by atoms with Gasteiger partial charge >= 0.3 is 11.9 Å². The predicted octanol–water partition coefficient (Wildman–Crippen LogP) is 19.6. The van der Waals surface area contributed by atoms with Gasteiger partial charge in [-0.2, -0.15) is 0 Å². The van der Waals surface area contributed by atoms with Gasteiger partial charge in [0.1, 0.15) is 6.61 Å². The van der Waals surface area contributed by atoms with Gasteiger partial charge < -0.3 is 14.2 Å². The van der Waals surface area contributed by atoms with Crippen molar-refractivity contribution >= 4 is 11.9 Å². The first kappa shape index (κ1) is 64.6. The number of ether oxygens (including phenoxy) is 3. The normalized spacial score (nSPS) is 13.0. The summed E-state index contributed by atoms with van der Waals surface area (Å²) in [5.74, 6) is -0.438. The van der Waals surface area contributed by atoms with E-state index in [-0.39, 0.29) is 25.2 Å². The molecule has 388 valence electrons. The molecular weight excluding hydrogens is 837 g/mol. The molecule has 1 atom stereocenters. The molecule has 0 spiro atoms. The number of carbonyl (C=O) groups is 2. The maximum absolute atomic E-state index is 12.8. The van der Waals surface area contributed by atoms with E-state index in [0.29, 0.717) is 19.4 Å². The van der Waals surface area contributed by atoms with E-state index in [9.17, 15) is 9.59 Å². The third-order valence-corrected chi connectivity index (χ3v) is 11.8. The summed E-state index contributed by atoms with van der Waals surface area (Å²) in [6.07, 6.45) is 79.6. The third-order valence-electron chi connectivity index (χ3n) is 11.8. The first-order valence-electron chi connectivity index (χ1n) is 28.4. The number of carbonyl (C=O) groups excluding carboxylic acids is 2. The number of esters is 2. The zero-order valence-electron chi connectivity index (χ0n) is 44.6. The van der Waals surface area contributed by atoms with Crippen molar-refractivity contribution in [2.24, 2.45) is 0 Å². The lowest BCUT2D eigenvalue weighted by atomic mass is 10.1. The molecule has 0 N–H and O–H groups in total. The molecule has 0 aliphatic rings. The maximum atomic E-state index is 12.8. The lowest BCUT2D eigenvalue weighted by Gasteiger charge is -2.18. The summed E-state index contributed by atoms with van der Waals surface area (Å²) < 4.78 is 17.4. The average molecular weight is 944 g/mol. The molecule has 1 unspecified atom stereocenters. The van der Waals surface area contributed by atoms with Crippen LogP contribution in [0.15, 0.2) is 109 Å². The summed E-state index contributed by atoms with van der Waals surface area (Å²) in [7, 11) is 0. The summed E-state index contributed by atoms with van der Waals surface area (Å²) in [6.45, 7) is 7.60. The molecule has 0 aliphatic heterocycles. The highest BCUT2D eigenvalue weighted by molar-refractivity contribution is 5.70. The van der Waals surface area contributed by atoms with Gasteiger partial charge in [0.2, 0.25) is 0 Å². The molecule has 0 bridgehead atoms. The smallest absolute Gasteiger partial charge is 0.306 e. The second-order valence-corrected chi connectivity index (χ2v) is 18.4. The van der Waals surface area contributed by atoms with Crippen molar-refractivity contribution < 1.29 is 23.8 Å². The van der Waals surface area contributed by atoms with Crippen molar-refractivity contribution in [3.8, 4) is 0 Å². The minimum Gasteiger partial charge on any atom is -0.462 e.